The van der Waals surface area contributed by atoms with Gasteiger partial charge in [0.1, 0.15) is 22.8 Å². The van der Waals surface area contributed by atoms with Gasteiger partial charge >= 0.3 is 0 Å². The topological polar surface area (TPSA) is 172 Å². The average Bonchev–Trinajstić information content (AvgIpc) is 3.05. The van der Waals surface area contributed by atoms with E-state index in [4.69, 9.17) is 14.2 Å². The summed E-state index contributed by atoms with van der Waals surface area (Å²) in [6.07, 6.45) is 5.41. The highest BCUT2D eigenvalue weighted by atomic mass is 16.7. The predicted octanol–water partition coefficient (Wildman–Crippen LogP) is 4.80. The molecule has 0 amide bonds. The molecule has 0 saturated carbocycles. The Bertz CT molecular complexity index is 1540. The van der Waals surface area contributed by atoms with E-state index in [0.29, 0.717) is 6.54 Å². The number of fused-ring (bicyclic) bond motifs is 3. The monoisotopic (exact) mass is 667 g/mol. The summed E-state index contributed by atoms with van der Waals surface area (Å²) in [5, 5.41) is 49.1. The highest BCUT2D eigenvalue weighted by Gasteiger charge is 2.49. The van der Waals surface area contributed by atoms with Crippen molar-refractivity contribution < 1.29 is 49.0 Å². The number of Topliss-reactive ketones (excluding diaryl/α,β-unsaturated/α-hetero) is 1. The van der Waals surface area contributed by atoms with Crippen LogP contribution in [0.3, 0.4) is 0 Å². The zero-order chi connectivity index (χ0) is 34.7. The molecule has 262 valence electrons. The summed E-state index contributed by atoms with van der Waals surface area (Å²) in [5.41, 5.74) is -2.88. The van der Waals surface area contributed by atoms with E-state index in [2.05, 4.69) is 12.2 Å². The number of unbranched alkanes of at least 4 members (excludes halogenated alkanes) is 7. The maximum Gasteiger partial charge on any atom is 0.202 e. The van der Waals surface area contributed by atoms with Crippen LogP contribution in [-0.2, 0) is 20.7 Å². The Hall–Kier alpha value is -3.35. The number of aliphatic hydroxyl groups excluding tert-OH is 1. The van der Waals surface area contributed by atoms with Crippen LogP contribution in [0.1, 0.15) is 134 Å². The fourth-order valence-electron chi connectivity index (χ4n) is 7.37. The lowest BCUT2D eigenvalue weighted by atomic mass is 9.72. The Morgan fingerprint density at radius 2 is 1.67 bits per heavy atom. The molecular formula is C37H49NO10. The molecule has 11 heteroatoms. The zero-order valence-electron chi connectivity index (χ0n) is 28.3. The van der Waals surface area contributed by atoms with Crippen molar-refractivity contribution in [3.05, 3.63) is 51.6 Å². The normalized spacial score (nSPS) is 26.5. The number of methoxy groups -OCH3 is 1. The van der Waals surface area contributed by atoms with Crippen LogP contribution >= 0.6 is 0 Å². The molecule has 48 heavy (non-hydrogen) atoms. The first-order valence-electron chi connectivity index (χ1n) is 17.3. The molecule has 0 aromatic heterocycles. The van der Waals surface area contributed by atoms with Crippen LogP contribution < -0.4 is 10.1 Å². The minimum Gasteiger partial charge on any atom is -0.507 e. The molecule has 0 spiro atoms. The number of carbonyl (C=O) groups is 3. The first-order chi connectivity index (χ1) is 22.9. The smallest absolute Gasteiger partial charge is 0.202 e. The lowest BCUT2D eigenvalue weighted by molar-refractivity contribution is -0.249. The fraction of sp³-hybridized carbons (Fsp3) is 0.595. The summed E-state index contributed by atoms with van der Waals surface area (Å²) in [4.78, 5) is 40.3. The number of ether oxygens (including phenoxy) is 3. The SMILES string of the molecule is CCCCCCCCCCN[C@H]1C[C@H](O[C@H]2C[C@](O)(C(C)=O)Cc3c(O)c4c(c(O)c32)C(=O)c2c(OC)cccc2C4=O)O[C@@H](C)[C@H]1O. The lowest BCUT2D eigenvalue weighted by Crippen LogP contribution is -2.54. The number of aromatic hydroxyl groups is 2. The van der Waals surface area contributed by atoms with Crippen molar-refractivity contribution in [2.45, 2.75) is 128 Å². The van der Waals surface area contributed by atoms with Gasteiger partial charge < -0.3 is 40.0 Å². The molecule has 6 atom stereocenters. The van der Waals surface area contributed by atoms with Crippen LogP contribution in [0, 0.1) is 0 Å². The van der Waals surface area contributed by atoms with E-state index in [1.807, 2.05) is 0 Å². The van der Waals surface area contributed by atoms with E-state index < -0.39 is 76.6 Å². The number of nitrogens with one attached hydrogen (secondary N) is 1. The zero-order valence-corrected chi connectivity index (χ0v) is 28.3. The Balaban J connectivity index is 1.40. The van der Waals surface area contributed by atoms with E-state index in [-0.39, 0.29) is 46.9 Å². The van der Waals surface area contributed by atoms with Gasteiger partial charge in [-0.1, -0.05) is 64.0 Å². The highest BCUT2D eigenvalue weighted by molar-refractivity contribution is 6.31. The molecule has 1 saturated heterocycles. The molecule has 2 aliphatic carbocycles. The molecule has 0 radical (unpaired) electrons. The van der Waals surface area contributed by atoms with Crippen molar-refractivity contribution >= 4 is 17.3 Å². The van der Waals surface area contributed by atoms with E-state index in [9.17, 15) is 34.8 Å². The maximum absolute atomic E-state index is 13.9. The van der Waals surface area contributed by atoms with E-state index in [1.54, 1.807) is 13.0 Å². The van der Waals surface area contributed by atoms with Crippen molar-refractivity contribution in [2.24, 2.45) is 0 Å². The minimum atomic E-state index is -1.99. The van der Waals surface area contributed by atoms with Gasteiger partial charge in [0.05, 0.1) is 42.1 Å². The number of carbonyl (C=O) groups excluding carboxylic acids is 3. The number of benzene rings is 2. The third kappa shape index (κ3) is 6.89. The van der Waals surface area contributed by atoms with Gasteiger partial charge in [-0.15, -0.1) is 0 Å². The molecule has 11 nitrogen and oxygen atoms in total. The second-order valence-corrected chi connectivity index (χ2v) is 13.5. The molecule has 1 fully saturated rings. The van der Waals surface area contributed by atoms with Crippen molar-refractivity contribution in [1.82, 2.24) is 5.32 Å². The van der Waals surface area contributed by atoms with Gasteiger partial charge in [-0.25, -0.2) is 0 Å². The first-order valence-corrected chi connectivity index (χ1v) is 17.3. The first kappa shape index (κ1) is 35.9. The van der Waals surface area contributed by atoms with Gasteiger partial charge in [0.25, 0.3) is 0 Å². The summed E-state index contributed by atoms with van der Waals surface area (Å²) in [5.74, 6) is -3.04. The third-order valence-corrected chi connectivity index (χ3v) is 10.2. The number of aliphatic hydroxyl groups is 2. The fourth-order valence-corrected chi connectivity index (χ4v) is 7.37. The second kappa shape index (κ2) is 15.0. The minimum absolute atomic E-state index is 0.000561. The van der Waals surface area contributed by atoms with Crippen molar-refractivity contribution in [1.29, 1.82) is 0 Å². The molecular weight excluding hydrogens is 618 g/mol. The van der Waals surface area contributed by atoms with Crippen LogP contribution in [0.5, 0.6) is 17.2 Å². The Labute approximate surface area is 281 Å². The van der Waals surface area contributed by atoms with E-state index in [0.717, 1.165) is 19.3 Å². The van der Waals surface area contributed by atoms with Crippen LogP contribution in [0.15, 0.2) is 18.2 Å². The van der Waals surface area contributed by atoms with Crippen molar-refractivity contribution in [3.63, 3.8) is 0 Å². The van der Waals surface area contributed by atoms with Gasteiger partial charge in [-0.2, -0.15) is 0 Å². The van der Waals surface area contributed by atoms with Gasteiger partial charge in [-0.3, -0.25) is 14.4 Å². The molecule has 1 heterocycles. The van der Waals surface area contributed by atoms with Crippen LogP contribution in [-0.4, -0.2) is 81.6 Å². The highest BCUT2D eigenvalue weighted by Crippen LogP contribution is 2.52. The van der Waals surface area contributed by atoms with E-state index in [1.165, 1.54) is 58.3 Å². The number of rotatable bonds is 14. The van der Waals surface area contributed by atoms with E-state index >= 15 is 0 Å². The van der Waals surface area contributed by atoms with Crippen LogP contribution in [0.2, 0.25) is 0 Å². The number of phenols is 2. The largest absolute Gasteiger partial charge is 0.507 e. The molecule has 1 aliphatic heterocycles. The maximum atomic E-state index is 13.9. The lowest BCUT2D eigenvalue weighted by Gasteiger charge is -2.43. The Kier molecular flexibility index (Phi) is 11.3. The van der Waals surface area contributed by atoms with Gasteiger partial charge in [0.2, 0.25) is 5.78 Å². The van der Waals surface area contributed by atoms with Gasteiger partial charge in [0, 0.05) is 42.0 Å². The Morgan fingerprint density at radius 1 is 1.00 bits per heavy atom. The summed E-state index contributed by atoms with van der Waals surface area (Å²) < 4.78 is 17.7. The van der Waals surface area contributed by atoms with Crippen molar-refractivity contribution in [2.75, 3.05) is 13.7 Å². The van der Waals surface area contributed by atoms with Crippen LogP contribution in [0.4, 0.5) is 0 Å². The number of hydrogen-bond donors (Lipinski definition) is 5. The van der Waals surface area contributed by atoms with Crippen molar-refractivity contribution in [3.8, 4) is 17.2 Å². The number of phenolic OH excluding ortho intramolecular Hbond substituents is 2. The molecule has 2 aromatic carbocycles. The predicted molar refractivity (Wildman–Crippen MR) is 177 cm³/mol. The van der Waals surface area contributed by atoms with Gasteiger partial charge in [-0.05, 0) is 32.9 Å². The molecule has 5 N–H and O–H groups in total. The molecule has 0 bridgehead atoms. The number of hydrogen-bond acceptors (Lipinski definition) is 11. The summed E-state index contributed by atoms with van der Waals surface area (Å²) in [6.45, 7) is 5.85. The van der Waals surface area contributed by atoms with Crippen LogP contribution in [0.25, 0.3) is 0 Å². The molecule has 3 aliphatic rings. The third-order valence-electron chi connectivity index (χ3n) is 10.2. The molecule has 2 aromatic rings. The van der Waals surface area contributed by atoms with Gasteiger partial charge in [0.15, 0.2) is 17.9 Å². The molecule has 5 rings (SSSR count). The molecule has 0 unspecified atom stereocenters. The summed E-state index contributed by atoms with van der Waals surface area (Å²) >= 11 is 0. The standard InChI is InChI=1S/C37H49NO10/c1-5-6-7-8-9-10-11-12-16-38-24-17-27(47-20(2)32(24)40)48-26-19-37(45,21(3)39)18-23-29(26)36(44)31-30(34(23)42)33(41)22-14-13-15-25(46-4)28(22)35(31)43/h13-15,20,24,26-27,32,38,40,42,44-45H,5-12,16-19H2,1-4H3/t20-,24-,26-,27-,32+,37-/m0/s1. The second-order valence-electron chi connectivity index (χ2n) is 13.5. The quantitative estimate of drug-likeness (QED) is 0.118. The number of ketones is 3. The Morgan fingerprint density at radius 3 is 2.33 bits per heavy atom. The average molecular weight is 668 g/mol. The summed E-state index contributed by atoms with van der Waals surface area (Å²) in [6, 6.07) is 4.13. The summed E-state index contributed by atoms with van der Waals surface area (Å²) in [7, 11) is 1.36.